The van der Waals surface area contributed by atoms with E-state index in [0.717, 1.165) is 5.92 Å². The van der Waals surface area contributed by atoms with E-state index in [1.54, 1.807) is 20.0 Å². The van der Waals surface area contributed by atoms with Crippen LogP contribution in [-0.4, -0.2) is 71.9 Å². The van der Waals surface area contributed by atoms with Gasteiger partial charge in [0.15, 0.2) is 0 Å². The number of H-pyrrole nitrogens is 1. The van der Waals surface area contributed by atoms with E-state index in [0.29, 0.717) is 18.0 Å². The van der Waals surface area contributed by atoms with Crippen LogP contribution in [0.15, 0.2) is 12.5 Å². The fraction of sp³-hybridized carbons (Fsp3) is 0.767. The van der Waals surface area contributed by atoms with E-state index >= 15 is 0 Å². The Kier molecular flexibility index (Phi) is 22.3. The second-order valence-electron chi connectivity index (χ2n) is 10.8. The number of amides is 4. The SMILES string of the molecule is CC.CC.CC1CCNCC1.CNC(=O)CNC(=O)C(Cc1cnc[nH]1)NC(=O)C(C)(C)NC(=O)C(C)CC(C)C. The third kappa shape index (κ3) is 18.2. The maximum atomic E-state index is 12.9. The summed E-state index contributed by atoms with van der Waals surface area (Å²) >= 11 is 0. The molecular formula is C30H59N7O4. The minimum atomic E-state index is -1.23. The molecular weight excluding hydrogens is 522 g/mol. The number of nitrogens with zero attached hydrogens (tertiary/aromatic N) is 1. The minimum Gasteiger partial charge on any atom is -0.358 e. The summed E-state index contributed by atoms with van der Waals surface area (Å²) in [4.78, 5) is 56.1. The molecule has 41 heavy (non-hydrogen) atoms. The van der Waals surface area contributed by atoms with Gasteiger partial charge in [0.1, 0.15) is 11.6 Å². The Hall–Kier alpha value is -2.95. The van der Waals surface area contributed by atoms with Crippen LogP contribution in [0, 0.1) is 17.8 Å². The topological polar surface area (TPSA) is 157 Å². The van der Waals surface area contributed by atoms with Crippen LogP contribution in [-0.2, 0) is 25.6 Å². The number of hydrogen-bond acceptors (Lipinski definition) is 6. The van der Waals surface area contributed by atoms with Crippen LogP contribution in [0.25, 0.3) is 0 Å². The number of hydrogen-bond donors (Lipinski definition) is 6. The Morgan fingerprint density at radius 1 is 1.02 bits per heavy atom. The van der Waals surface area contributed by atoms with Crippen molar-refractivity contribution in [3.05, 3.63) is 18.2 Å². The molecule has 11 nitrogen and oxygen atoms in total. The first-order chi connectivity index (χ1) is 19.4. The first-order valence-corrected chi connectivity index (χ1v) is 15.1. The highest BCUT2D eigenvalue weighted by molar-refractivity contribution is 5.95. The predicted octanol–water partition coefficient (Wildman–Crippen LogP) is 2.93. The first-order valence-electron chi connectivity index (χ1n) is 15.1. The largest absolute Gasteiger partial charge is 0.358 e. The van der Waals surface area contributed by atoms with Crippen molar-refractivity contribution in [2.75, 3.05) is 26.7 Å². The fourth-order valence-corrected chi connectivity index (χ4v) is 3.81. The highest BCUT2D eigenvalue weighted by atomic mass is 16.2. The summed E-state index contributed by atoms with van der Waals surface area (Å²) in [6.45, 7) is 21.6. The van der Waals surface area contributed by atoms with Gasteiger partial charge in [-0.25, -0.2) is 4.98 Å². The van der Waals surface area contributed by atoms with Crippen LogP contribution in [0.3, 0.4) is 0 Å². The molecule has 0 aromatic carbocycles. The smallest absolute Gasteiger partial charge is 0.245 e. The third-order valence-corrected chi connectivity index (χ3v) is 6.21. The Bertz CT molecular complexity index is 851. The molecule has 1 fully saturated rings. The number of aromatic nitrogens is 2. The van der Waals surface area contributed by atoms with Crippen molar-refractivity contribution >= 4 is 23.6 Å². The fourth-order valence-electron chi connectivity index (χ4n) is 3.81. The van der Waals surface area contributed by atoms with Gasteiger partial charge in [-0.3, -0.25) is 19.2 Å². The quantitative estimate of drug-likeness (QED) is 0.236. The van der Waals surface area contributed by atoms with Gasteiger partial charge in [0.05, 0.1) is 12.9 Å². The predicted molar refractivity (Wildman–Crippen MR) is 166 cm³/mol. The number of likely N-dealkylation sites (N-methyl/N-ethyl adjacent to an activating group) is 1. The lowest BCUT2D eigenvalue weighted by atomic mass is 9.95. The number of carbonyl (C=O) groups is 4. The van der Waals surface area contributed by atoms with E-state index in [9.17, 15) is 19.2 Å². The molecule has 0 radical (unpaired) electrons. The molecule has 1 saturated heterocycles. The average Bonchev–Trinajstić information content (AvgIpc) is 3.46. The second kappa shape index (κ2) is 22.7. The second-order valence-corrected chi connectivity index (χ2v) is 10.8. The minimum absolute atomic E-state index is 0.152. The van der Waals surface area contributed by atoms with Crippen molar-refractivity contribution in [1.82, 2.24) is 36.6 Å². The molecule has 2 unspecified atom stereocenters. The van der Waals surface area contributed by atoms with E-state index < -0.39 is 23.4 Å². The zero-order valence-corrected chi connectivity index (χ0v) is 27.5. The van der Waals surface area contributed by atoms with Crippen molar-refractivity contribution < 1.29 is 19.2 Å². The number of piperidine rings is 1. The molecule has 1 aromatic rings. The highest BCUT2D eigenvalue weighted by Gasteiger charge is 2.34. The number of rotatable bonds is 11. The van der Waals surface area contributed by atoms with Crippen LogP contribution in [0.1, 0.15) is 94.2 Å². The summed E-state index contributed by atoms with van der Waals surface area (Å²) in [7, 11) is 1.46. The number of aromatic amines is 1. The standard InChI is InChI=1S/C20H34N6O4.C6H13N.2C2H6/c1-12(2)7-13(3)17(28)26-20(4,5)19(30)25-15(8-14-9-22-11-24-14)18(29)23-10-16(27)21-6;1-6-2-4-7-5-3-6;2*1-2/h9,11-13,15H,7-8,10H2,1-6H3,(H,21,27)(H,22,24)(H,23,29)(H,25,30)(H,26,28);6-7H,2-5H2,1H3;2*1-2H3. The lowest BCUT2D eigenvalue weighted by molar-refractivity contribution is -0.136. The van der Waals surface area contributed by atoms with Gasteiger partial charge in [-0.05, 0) is 58.0 Å². The van der Waals surface area contributed by atoms with Gasteiger partial charge >= 0.3 is 0 Å². The van der Waals surface area contributed by atoms with Gasteiger partial charge in [-0.2, -0.15) is 0 Å². The van der Waals surface area contributed by atoms with Crippen molar-refractivity contribution in [3.8, 4) is 0 Å². The summed E-state index contributed by atoms with van der Waals surface area (Å²) < 4.78 is 0. The van der Waals surface area contributed by atoms with Crippen LogP contribution >= 0.6 is 0 Å². The average molecular weight is 582 g/mol. The highest BCUT2D eigenvalue weighted by Crippen LogP contribution is 2.13. The number of imidazole rings is 1. The molecule has 6 N–H and O–H groups in total. The summed E-state index contributed by atoms with van der Waals surface area (Å²) in [5.74, 6) is -0.524. The zero-order chi connectivity index (χ0) is 32.0. The lowest BCUT2D eigenvalue weighted by Crippen LogP contribution is -2.60. The summed E-state index contributed by atoms with van der Waals surface area (Å²) in [5, 5.41) is 13.7. The van der Waals surface area contributed by atoms with E-state index in [-0.39, 0.29) is 30.7 Å². The van der Waals surface area contributed by atoms with Crippen LogP contribution < -0.4 is 26.6 Å². The summed E-state index contributed by atoms with van der Waals surface area (Å²) in [6, 6.07) is -0.952. The maximum Gasteiger partial charge on any atom is 0.245 e. The third-order valence-electron chi connectivity index (χ3n) is 6.21. The van der Waals surface area contributed by atoms with Crippen molar-refractivity contribution in [3.63, 3.8) is 0 Å². The van der Waals surface area contributed by atoms with Crippen molar-refractivity contribution in [2.24, 2.45) is 17.8 Å². The normalized spacial score (nSPS) is 14.3. The summed E-state index contributed by atoms with van der Waals surface area (Å²) in [6.07, 6.45) is 6.62. The van der Waals surface area contributed by atoms with Gasteiger partial charge in [0, 0.05) is 31.3 Å². The Morgan fingerprint density at radius 3 is 2.05 bits per heavy atom. The van der Waals surface area contributed by atoms with Crippen LogP contribution in [0.2, 0.25) is 0 Å². The number of carbonyl (C=O) groups excluding carboxylic acids is 4. The monoisotopic (exact) mass is 581 g/mol. The van der Waals surface area contributed by atoms with E-state index in [1.807, 2.05) is 48.5 Å². The van der Waals surface area contributed by atoms with Crippen molar-refractivity contribution in [2.45, 2.75) is 107 Å². The van der Waals surface area contributed by atoms with Crippen LogP contribution in [0.5, 0.6) is 0 Å². The van der Waals surface area contributed by atoms with Crippen molar-refractivity contribution in [1.29, 1.82) is 0 Å². The first kappa shape index (κ1) is 40.2. The van der Waals surface area contributed by atoms with Gasteiger partial charge in [-0.1, -0.05) is 55.4 Å². The summed E-state index contributed by atoms with van der Waals surface area (Å²) in [5.41, 5.74) is -0.585. The van der Waals surface area contributed by atoms with Crippen LogP contribution in [0.4, 0.5) is 0 Å². The Labute approximate surface area is 248 Å². The molecule has 1 aliphatic rings. The molecule has 2 atom stereocenters. The maximum absolute atomic E-state index is 12.9. The molecule has 0 spiro atoms. The van der Waals surface area contributed by atoms with Gasteiger partial charge in [0.25, 0.3) is 0 Å². The molecule has 238 valence electrons. The molecule has 2 heterocycles. The zero-order valence-electron chi connectivity index (χ0n) is 27.5. The van der Waals surface area contributed by atoms with E-state index in [1.165, 1.54) is 39.3 Å². The molecule has 1 aliphatic heterocycles. The molecule has 11 heteroatoms. The lowest BCUT2D eigenvalue weighted by Gasteiger charge is -2.29. The molecule has 0 saturated carbocycles. The Balaban J connectivity index is 0. The van der Waals surface area contributed by atoms with Gasteiger partial charge < -0.3 is 31.6 Å². The van der Waals surface area contributed by atoms with E-state index in [4.69, 9.17) is 0 Å². The molecule has 4 amide bonds. The molecule has 0 aliphatic carbocycles. The Morgan fingerprint density at radius 2 is 1.61 bits per heavy atom. The molecule has 1 aromatic heterocycles. The molecule has 2 rings (SSSR count). The van der Waals surface area contributed by atoms with E-state index in [2.05, 4.69) is 43.5 Å². The van der Waals surface area contributed by atoms with Gasteiger partial charge in [-0.15, -0.1) is 0 Å². The molecule has 0 bridgehead atoms. The van der Waals surface area contributed by atoms with Gasteiger partial charge in [0.2, 0.25) is 23.6 Å². The number of nitrogens with one attached hydrogen (secondary N) is 6.